The van der Waals surface area contributed by atoms with Crippen LogP contribution in [0.25, 0.3) is 0 Å². The molecule has 18 heavy (non-hydrogen) atoms. The van der Waals surface area contributed by atoms with E-state index in [4.69, 9.17) is 4.74 Å². The number of aryl methyl sites for hydroxylation is 1. The van der Waals surface area contributed by atoms with Crippen molar-refractivity contribution in [3.63, 3.8) is 0 Å². The van der Waals surface area contributed by atoms with E-state index in [1.165, 1.54) is 0 Å². The van der Waals surface area contributed by atoms with Gasteiger partial charge in [-0.1, -0.05) is 0 Å². The van der Waals surface area contributed by atoms with Crippen LogP contribution in [-0.4, -0.2) is 21.6 Å². The summed E-state index contributed by atoms with van der Waals surface area (Å²) in [4.78, 5) is 23.6. The Morgan fingerprint density at radius 2 is 2.39 bits per heavy atom. The number of aromatic nitrogens is 3. The summed E-state index contributed by atoms with van der Waals surface area (Å²) in [7, 11) is 0. The van der Waals surface area contributed by atoms with Crippen molar-refractivity contribution in [3.8, 4) is 0 Å². The Morgan fingerprint density at radius 1 is 1.50 bits per heavy atom. The van der Waals surface area contributed by atoms with Crippen molar-refractivity contribution in [2.45, 2.75) is 26.4 Å². The maximum Gasteiger partial charge on any atom is 0.256 e. The molecule has 0 saturated carbocycles. The van der Waals surface area contributed by atoms with Crippen LogP contribution >= 0.6 is 11.3 Å². The van der Waals surface area contributed by atoms with Gasteiger partial charge in [0.25, 0.3) is 5.56 Å². The van der Waals surface area contributed by atoms with Crippen LogP contribution < -0.4 is 5.56 Å². The van der Waals surface area contributed by atoms with Crippen LogP contribution in [0.3, 0.4) is 0 Å². The molecule has 0 aromatic carbocycles. The van der Waals surface area contributed by atoms with Crippen molar-refractivity contribution in [1.82, 2.24) is 15.0 Å². The minimum absolute atomic E-state index is 0.0818. The number of rotatable bonds is 2. The third kappa shape index (κ3) is 2.21. The molecule has 0 radical (unpaired) electrons. The summed E-state index contributed by atoms with van der Waals surface area (Å²) < 4.78 is 5.27. The molecule has 94 valence electrons. The van der Waals surface area contributed by atoms with Gasteiger partial charge in [0, 0.05) is 18.2 Å². The third-order valence-corrected chi connectivity index (χ3v) is 3.72. The van der Waals surface area contributed by atoms with Gasteiger partial charge < -0.3 is 9.72 Å². The number of hydrogen-bond donors (Lipinski definition) is 1. The molecule has 2 aromatic heterocycles. The van der Waals surface area contributed by atoms with E-state index in [9.17, 15) is 4.79 Å². The highest BCUT2D eigenvalue weighted by atomic mass is 32.1. The SMILES string of the molecule is Cc1nc(Cc2nc3c(c(=O)[nH]2)COCC3)cs1. The smallest absolute Gasteiger partial charge is 0.256 e. The van der Waals surface area contributed by atoms with Crippen molar-refractivity contribution in [2.75, 3.05) is 6.61 Å². The lowest BCUT2D eigenvalue weighted by atomic mass is 10.1. The lowest BCUT2D eigenvalue weighted by Gasteiger charge is -2.14. The first-order chi connectivity index (χ1) is 8.72. The number of nitrogens with zero attached hydrogens (tertiary/aromatic N) is 2. The van der Waals surface area contributed by atoms with Crippen LogP contribution in [0.5, 0.6) is 0 Å². The lowest BCUT2D eigenvalue weighted by molar-refractivity contribution is 0.108. The highest BCUT2D eigenvalue weighted by Crippen LogP contribution is 2.13. The normalized spacial score (nSPS) is 14.5. The van der Waals surface area contributed by atoms with E-state index in [0.29, 0.717) is 37.4 Å². The van der Waals surface area contributed by atoms with E-state index in [0.717, 1.165) is 16.4 Å². The van der Waals surface area contributed by atoms with Gasteiger partial charge in [-0.05, 0) is 6.92 Å². The first-order valence-corrected chi connectivity index (χ1v) is 6.70. The second kappa shape index (κ2) is 4.62. The molecule has 0 atom stereocenters. The standard InChI is InChI=1S/C12H13N3O2S/c1-7-13-8(6-18-7)4-11-14-10-2-3-17-5-9(10)12(16)15-11/h6H,2-5H2,1H3,(H,14,15,16). The Morgan fingerprint density at radius 3 is 3.17 bits per heavy atom. The van der Waals surface area contributed by atoms with Gasteiger partial charge in [-0.3, -0.25) is 4.79 Å². The highest BCUT2D eigenvalue weighted by molar-refractivity contribution is 7.09. The number of nitrogens with one attached hydrogen (secondary N) is 1. The van der Waals surface area contributed by atoms with Gasteiger partial charge in [0.1, 0.15) is 5.82 Å². The number of aromatic amines is 1. The Hall–Kier alpha value is -1.53. The summed E-state index contributed by atoms with van der Waals surface area (Å²) in [6.45, 7) is 2.97. The Labute approximate surface area is 108 Å². The average Bonchev–Trinajstić information content (AvgIpc) is 2.75. The predicted molar refractivity (Wildman–Crippen MR) is 67.9 cm³/mol. The van der Waals surface area contributed by atoms with E-state index < -0.39 is 0 Å². The molecule has 6 heteroatoms. The molecule has 0 bridgehead atoms. The molecule has 3 heterocycles. The van der Waals surface area contributed by atoms with Gasteiger partial charge in [0.15, 0.2) is 0 Å². The highest BCUT2D eigenvalue weighted by Gasteiger charge is 2.16. The minimum Gasteiger partial charge on any atom is -0.376 e. The van der Waals surface area contributed by atoms with Crippen LogP contribution in [0.1, 0.15) is 27.8 Å². The molecule has 3 rings (SSSR count). The van der Waals surface area contributed by atoms with Crippen LogP contribution in [0.4, 0.5) is 0 Å². The topological polar surface area (TPSA) is 67.9 Å². The Bertz CT molecular complexity index is 632. The van der Waals surface area contributed by atoms with E-state index in [1.54, 1.807) is 11.3 Å². The molecule has 0 aliphatic carbocycles. The zero-order chi connectivity index (χ0) is 12.5. The van der Waals surface area contributed by atoms with Crippen LogP contribution in [-0.2, 0) is 24.2 Å². The molecule has 0 fully saturated rings. The monoisotopic (exact) mass is 263 g/mol. The molecule has 1 aliphatic rings. The van der Waals surface area contributed by atoms with Crippen LogP contribution in [0.15, 0.2) is 10.2 Å². The number of hydrogen-bond acceptors (Lipinski definition) is 5. The average molecular weight is 263 g/mol. The van der Waals surface area contributed by atoms with E-state index >= 15 is 0 Å². The van der Waals surface area contributed by atoms with Crippen LogP contribution in [0.2, 0.25) is 0 Å². The molecule has 0 saturated heterocycles. The van der Waals surface area contributed by atoms with Crippen molar-refractivity contribution in [3.05, 3.63) is 43.5 Å². The zero-order valence-corrected chi connectivity index (χ0v) is 10.8. The maximum atomic E-state index is 11.9. The maximum absolute atomic E-state index is 11.9. The zero-order valence-electron chi connectivity index (χ0n) is 10.0. The fourth-order valence-corrected chi connectivity index (χ4v) is 2.65. The summed E-state index contributed by atoms with van der Waals surface area (Å²) in [5.74, 6) is 0.686. The first kappa shape index (κ1) is 11.6. The van der Waals surface area contributed by atoms with E-state index in [2.05, 4.69) is 15.0 Å². The number of H-pyrrole nitrogens is 1. The van der Waals surface area contributed by atoms with E-state index in [-0.39, 0.29) is 5.56 Å². The third-order valence-electron chi connectivity index (χ3n) is 2.89. The fraction of sp³-hybridized carbons (Fsp3) is 0.417. The molecule has 0 amide bonds. The van der Waals surface area contributed by atoms with Crippen molar-refractivity contribution in [2.24, 2.45) is 0 Å². The van der Waals surface area contributed by atoms with Crippen molar-refractivity contribution >= 4 is 11.3 Å². The minimum atomic E-state index is -0.0818. The largest absolute Gasteiger partial charge is 0.376 e. The molecule has 0 unspecified atom stereocenters. The number of ether oxygens (including phenoxy) is 1. The van der Waals surface area contributed by atoms with Gasteiger partial charge in [-0.2, -0.15) is 0 Å². The van der Waals surface area contributed by atoms with Gasteiger partial charge in [0.05, 0.1) is 35.2 Å². The quantitative estimate of drug-likeness (QED) is 0.884. The van der Waals surface area contributed by atoms with Gasteiger partial charge in [-0.25, -0.2) is 9.97 Å². The molecular formula is C12H13N3O2S. The lowest BCUT2D eigenvalue weighted by Crippen LogP contribution is -2.25. The molecule has 1 N–H and O–H groups in total. The summed E-state index contributed by atoms with van der Waals surface area (Å²) in [6, 6.07) is 0. The van der Waals surface area contributed by atoms with Gasteiger partial charge >= 0.3 is 0 Å². The number of fused-ring (bicyclic) bond motifs is 1. The van der Waals surface area contributed by atoms with Crippen molar-refractivity contribution in [1.29, 1.82) is 0 Å². The summed E-state index contributed by atoms with van der Waals surface area (Å²) in [5.41, 5.74) is 2.40. The van der Waals surface area contributed by atoms with Gasteiger partial charge in [0.2, 0.25) is 0 Å². The molecular weight excluding hydrogens is 250 g/mol. The molecule has 0 spiro atoms. The van der Waals surface area contributed by atoms with Gasteiger partial charge in [-0.15, -0.1) is 11.3 Å². The van der Waals surface area contributed by atoms with Crippen LogP contribution in [0, 0.1) is 6.92 Å². The fourth-order valence-electron chi connectivity index (χ4n) is 2.04. The van der Waals surface area contributed by atoms with E-state index in [1.807, 2.05) is 12.3 Å². The Kier molecular flexibility index (Phi) is 2.97. The second-order valence-corrected chi connectivity index (χ2v) is 5.34. The van der Waals surface area contributed by atoms with Crippen molar-refractivity contribution < 1.29 is 4.74 Å². The predicted octanol–water partition coefficient (Wildman–Crippen LogP) is 1.20. The summed E-state index contributed by atoms with van der Waals surface area (Å²) in [5, 5.41) is 3.02. The second-order valence-electron chi connectivity index (χ2n) is 4.28. The Balaban J connectivity index is 1.93. The molecule has 1 aliphatic heterocycles. The summed E-state index contributed by atoms with van der Waals surface area (Å²) in [6.07, 6.45) is 1.29. The summed E-state index contributed by atoms with van der Waals surface area (Å²) >= 11 is 1.61. The molecule has 2 aromatic rings. The molecule has 5 nitrogen and oxygen atoms in total. The number of thiazole rings is 1. The first-order valence-electron chi connectivity index (χ1n) is 5.82.